The Morgan fingerprint density at radius 2 is 1.73 bits per heavy atom. The molecule has 0 aliphatic heterocycles. The number of carbonyl (C=O) groups excluding carboxylic acids is 1. The molecule has 0 N–H and O–H groups in total. The SMILES string of the molecule is CC(C)(C)C(F)(F)C(=O)OBr. The van der Waals surface area contributed by atoms with Crippen molar-refractivity contribution in [1.82, 2.24) is 0 Å². The third kappa shape index (κ3) is 2.12. The van der Waals surface area contributed by atoms with E-state index in [-0.39, 0.29) is 0 Å². The predicted molar refractivity (Wildman–Crippen MR) is 39.4 cm³/mol. The molecule has 0 fully saturated rings. The molecule has 0 unspecified atom stereocenters. The van der Waals surface area contributed by atoms with E-state index >= 15 is 0 Å². The lowest BCUT2D eigenvalue weighted by Gasteiger charge is -2.26. The molecular formula is C6H9BrF2O2. The van der Waals surface area contributed by atoms with Crippen molar-refractivity contribution in [2.24, 2.45) is 5.41 Å². The third-order valence-electron chi connectivity index (χ3n) is 1.27. The molecule has 0 aromatic rings. The van der Waals surface area contributed by atoms with Gasteiger partial charge in [0, 0.05) is 5.41 Å². The van der Waals surface area contributed by atoms with Crippen LogP contribution in [0.15, 0.2) is 0 Å². The predicted octanol–water partition coefficient (Wildman–Crippen LogP) is 2.52. The molecule has 0 atom stereocenters. The molecular weight excluding hydrogens is 222 g/mol. The molecule has 11 heavy (non-hydrogen) atoms. The van der Waals surface area contributed by atoms with Crippen LogP contribution in [0.4, 0.5) is 8.78 Å². The number of carbonyl (C=O) groups is 1. The van der Waals surface area contributed by atoms with Gasteiger partial charge in [0.15, 0.2) is 16.3 Å². The lowest BCUT2D eigenvalue weighted by atomic mass is 9.88. The fourth-order valence-electron chi connectivity index (χ4n) is 0.355. The fraction of sp³-hybridized carbons (Fsp3) is 0.833. The smallest absolute Gasteiger partial charge is 0.379 e. The number of hydrogen-bond acceptors (Lipinski definition) is 2. The summed E-state index contributed by atoms with van der Waals surface area (Å²) in [6, 6.07) is 0. The lowest BCUT2D eigenvalue weighted by molar-refractivity contribution is -0.176. The van der Waals surface area contributed by atoms with Gasteiger partial charge in [0.2, 0.25) is 0 Å². The molecule has 0 saturated heterocycles. The van der Waals surface area contributed by atoms with E-state index in [0.29, 0.717) is 0 Å². The van der Waals surface area contributed by atoms with Gasteiger partial charge in [0.25, 0.3) is 0 Å². The van der Waals surface area contributed by atoms with Gasteiger partial charge in [-0.1, -0.05) is 20.8 Å². The molecule has 0 heterocycles. The van der Waals surface area contributed by atoms with Crippen molar-refractivity contribution in [1.29, 1.82) is 0 Å². The van der Waals surface area contributed by atoms with Gasteiger partial charge < -0.3 is 3.83 Å². The second kappa shape index (κ2) is 3.05. The van der Waals surface area contributed by atoms with Crippen molar-refractivity contribution in [3.63, 3.8) is 0 Å². The zero-order valence-electron chi connectivity index (χ0n) is 6.45. The largest absolute Gasteiger partial charge is 0.389 e. The Balaban J connectivity index is 4.59. The summed E-state index contributed by atoms with van der Waals surface area (Å²) in [4.78, 5) is 10.5. The molecule has 0 bridgehead atoms. The van der Waals surface area contributed by atoms with Gasteiger partial charge in [0.1, 0.15) is 0 Å². The second-order valence-corrected chi connectivity index (χ2v) is 3.51. The normalized spacial score (nSPS) is 12.9. The van der Waals surface area contributed by atoms with Crippen molar-refractivity contribution >= 4 is 22.2 Å². The first kappa shape index (κ1) is 10.8. The van der Waals surface area contributed by atoms with Crippen LogP contribution in [-0.4, -0.2) is 11.9 Å². The fourth-order valence-corrected chi connectivity index (χ4v) is 0.558. The van der Waals surface area contributed by atoms with Crippen LogP contribution in [0.1, 0.15) is 20.8 Å². The molecule has 5 heteroatoms. The van der Waals surface area contributed by atoms with E-state index in [9.17, 15) is 13.6 Å². The van der Waals surface area contributed by atoms with E-state index in [0.717, 1.165) is 0 Å². The van der Waals surface area contributed by atoms with Gasteiger partial charge in [-0.3, -0.25) is 0 Å². The molecule has 0 aromatic heterocycles. The third-order valence-corrected chi connectivity index (χ3v) is 1.56. The zero-order valence-corrected chi connectivity index (χ0v) is 8.04. The van der Waals surface area contributed by atoms with E-state index in [2.05, 4.69) is 20.1 Å². The Morgan fingerprint density at radius 1 is 1.36 bits per heavy atom. The van der Waals surface area contributed by atoms with E-state index in [4.69, 9.17) is 0 Å². The zero-order chi connectivity index (χ0) is 9.28. The molecule has 0 spiro atoms. The number of halogens is 3. The number of alkyl halides is 2. The Hall–Kier alpha value is -0.190. The summed E-state index contributed by atoms with van der Waals surface area (Å²) >= 11 is 2.21. The molecule has 0 aromatic carbocycles. The maximum atomic E-state index is 12.8. The minimum absolute atomic E-state index is 1.26. The van der Waals surface area contributed by atoms with Crippen LogP contribution in [0.5, 0.6) is 0 Å². The van der Waals surface area contributed by atoms with Crippen LogP contribution in [-0.2, 0) is 8.62 Å². The first-order chi connectivity index (χ1) is 4.73. The molecule has 0 radical (unpaired) electrons. The molecule has 0 aliphatic carbocycles. The summed E-state index contributed by atoms with van der Waals surface area (Å²) in [6.07, 6.45) is 0. The Labute approximate surface area is 72.4 Å². The van der Waals surface area contributed by atoms with E-state index in [1.807, 2.05) is 0 Å². The average Bonchev–Trinajstić information content (AvgIpc) is 1.83. The van der Waals surface area contributed by atoms with Crippen LogP contribution in [0, 0.1) is 5.41 Å². The van der Waals surface area contributed by atoms with E-state index in [1.54, 1.807) is 0 Å². The summed E-state index contributed by atoms with van der Waals surface area (Å²) in [5.41, 5.74) is -1.42. The Bertz CT molecular complexity index is 162. The van der Waals surface area contributed by atoms with Gasteiger partial charge in [-0.25, -0.2) is 4.79 Å². The highest BCUT2D eigenvalue weighted by molar-refractivity contribution is 9.06. The number of rotatable bonds is 1. The highest BCUT2D eigenvalue weighted by Gasteiger charge is 2.51. The van der Waals surface area contributed by atoms with Crippen LogP contribution in [0.25, 0.3) is 0 Å². The highest BCUT2D eigenvalue weighted by atomic mass is 79.9. The van der Waals surface area contributed by atoms with Crippen molar-refractivity contribution < 1.29 is 17.4 Å². The first-order valence-electron chi connectivity index (χ1n) is 2.94. The second-order valence-electron chi connectivity index (χ2n) is 3.19. The summed E-state index contributed by atoms with van der Waals surface area (Å²) in [7, 11) is 0. The van der Waals surface area contributed by atoms with Crippen LogP contribution in [0.3, 0.4) is 0 Å². The standard InChI is InChI=1S/C6H9BrF2O2/c1-5(2,3)6(8,9)4(10)11-7/h1-3H3. The lowest BCUT2D eigenvalue weighted by Crippen LogP contribution is -2.41. The molecule has 0 saturated carbocycles. The Kier molecular flexibility index (Phi) is 2.99. The minimum atomic E-state index is -3.46. The maximum Gasteiger partial charge on any atom is 0.389 e. The van der Waals surface area contributed by atoms with Gasteiger partial charge >= 0.3 is 11.9 Å². The summed E-state index contributed by atoms with van der Waals surface area (Å²) in [5.74, 6) is -5.03. The monoisotopic (exact) mass is 230 g/mol. The Morgan fingerprint density at radius 3 is 1.82 bits per heavy atom. The van der Waals surface area contributed by atoms with Crippen molar-refractivity contribution in [3.8, 4) is 0 Å². The number of hydrogen-bond donors (Lipinski definition) is 0. The van der Waals surface area contributed by atoms with Crippen LogP contribution < -0.4 is 0 Å². The quantitative estimate of drug-likeness (QED) is 0.693. The topological polar surface area (TPSA) is 26.3 Å². The van der Waals surface area contributed by atoms with E-state index < -0.39 is 17.3 Å². The van der Waals surface area contributed by atoms with Crippen LogP contribution in [0.2, 0.25) is 0 Å². The van der Waals surface area contributed by atoms with Crippen molar-refractivity contribution in [3.05, 3.63) is 0 Å². The molecule has 66 valence electrons. The van der Waals surface area contributed by atoms with Gasteiger partial charge in [-0.05, 0) is 0 Å². The molecule has 0 aliphatic rings. The summed E-state index contributed by atoms with van der Waals surface area (Å²) in [6.45, 7) is 3.78. The van der Waals surface area contributed by atoms with Crippen molar-refractivity contribution in [2.45, 2.75) is 26.7 Å². The highest BCUT2D eigenvalue weighted by Crippen LogP contribution is 2.36. The van der Waals surface area contributed by atoms with Gasteiger partial charge in [-0.15, -0.1) is 0 Å². The van der Waals surface area contributed by atoms with Gasteiger partial charge in [0.05, 0.1) is 0 Å². The van der Waals surface area contributed by atoms with E-state index in [1.165, 1.54) is 20.8 Å². The maximum absolute atomic E-state index is 12.8. The molecule has 0 rings (SSSR count). The molecule has 2 nitrogen and oxygen atoms in total. The van der Waals surface area contributed by atoms with Crippen LogP contribution >= 0.6 is 16.3 Å². The molecule has 0 amide bonds. The van der Waals surface area contributed by atoms with Crippen molar-refractivity contribution in [2.75, 3.05) is 0 Å². The van der Waals surface area contributed by atoms with Gasteiger partial charge in [-0.2, -0.15) is 8.78 Å². The minimum Gasteiger partial charge on any atom is -0.379 e. The average molecular weight is 231 g/mol. The summed E-state index contributed by atoms with van der Waals surface area (Å²) in [5, 5.41) is 0. The first-order valence-corrected chi connectivity index (χ1v) is 3.59. The summed E-state index contributed by atoms with van der Waals surface area (Å²) < 4.78 is 29.4.